The summed E-state index contributed by atoms with van der Waals surface area (Å²) in [4.78, 5) is 16.9. The van der Waals surface area contributed by atoms with Crippen molar-refractivity contribution < 1.29 is 14.5 Å². The first-order chi connectivity index (χ1) is 18.6. The molecule has 0 N–H and O–H groups in total. The molecule has 2 atom stereocenters. The molecule has 4 aromatic carbocycles. The Morgan fingerprint density at radius 3 is 2.05 bits per heavy atom. The Kier molecular flexibility index (Phi) is 7.47. The van der Waals surface area contributed by atoms with Gasteiger partial charge in [0.15, 0.2) is 6.04 Å². The maximum absolute atomic E-state index is 13.8. The molecule has 5 heteroatoms. The molecule has 0 spiro atoms. The van der Waals surface area contributed by atoms with E-state index >= 15 is 0 Å². The average Bonchev–Trinajstić information content (AvgIpc) is 3.25. The normalized spacial score (nSPS) is 19.0. The van der Waals surface area contributed by atoms with Crippen molar-refractivity contribution in [3.63, 3.8) is 0 Å². The van der Waals surface area contributed by atoms with Crippen molar-refractivity contribution in [1.29, 1.82) is 0 Å². The van der Waals surface area contributed by atoms with Crippen LogP contribution in [0, 0.1) is 0 Å². The van der Waals surface area contributed by atoms with E-state index in [-0.39, 0.29) is 0 Å². The third-order valence-electron chi connectivity index (χ3n) is 7.16. The van der Waals surface area contributed by atoms with Crippen LogP contribution in [-0.2, 0) is 16.9 Å². The summed E-state index contributed by atoms with van der Waals surface area (Å²) in [6.07, 6.45) is 3.85. The molecule has 1 heterocycles. The van der Waals surface area contributed by atoms with Crippen LogP contribution >= 0.6 is 11.8 Å². The van der Waals surface area contributed by atoms with Gasteiger partial charge < -0.3 is 9.90 Å². The van der Waals surface area contributed by atoms with Gasteiger partial charge in [0.1, 0.15) is 13.1 Å². The Morgan fingerprint density at radius 2 is 1.50 bits per heavy atom. The molecule has 190 valence electrons. The van der Waals surface area contributed by atoms with E-state index in [0.29, 0.717) is 18.7 Å². The molecular formula is C33H30N2O2S. The summed E-state index contributed by atoms with van der Waals surface area (Å²) in [6, 6.07) is 37.2. The first kappa shape index (κ1) is 25.6. The quantitative estimate of drug-likeness (QED) is 0.172. The lowest BCUT2D eigenvalue weighted by Gasteiger charge is -2.39. The second-order valence-electron chi connectivity index (χ2n) is 9.30. The maximum atomic E-state index is 13.8. The van der Waals surface area contributed by atoms with E-state index in [0.717, 1.165) is 27.4 Å². The van der Waals surface area contributed by atoms with Crippen molar-refractivity contribution >= 4 is 23.6 Å². The molecule has 0 radical (unpaired) electrons. The number of carbonyl (C=O) groups excluding carboxylic acids is 1. The molecule has 38 heavy (non-hydrogen) atoms. The molecule has 0 amide bonds. The van der Waals surface area contributed by atoms with Crippen molar-refractivity contribution in [2.24, 2.45) is 0 Å². The first-order valence-electron chi connectivity index (χ1n) is 12.6. The van der Waals surface area contributed by atoms with Crippen molar-refractivity contribution in [2.45, 2.75) is 23.0 Å². The molecule has 5 rings (SSSR count). The number of nitrogens with zero attached hydrogens (tertiary/aromatic N) is 2. The lowest BCUT2D eigenvalue weighted by atomic mass is 9.78. The van der Waals surface area contributed by atoms with Crippen molar-refractivity contribution in [3.8, 4) is 0 Å². The van der Waals surface area contributed by atoms with E-state index in [1.165, 1.54) is 0 Å². The minimum atomic E-state index is -1.51. The van der Waals surface area contributed by atoms with Gasteiger partial charge in [-0.1, -0.05) is 104 Å². The number of hydrogen-bond donors (Lipinski definition) is 0. The molecule has 4 aromatic rings. The largest absolute Gasteiger partial charge is 0.545 e. The molecule has 0 saturated carbocycles. The van der Waals surface area contributed by atoms with Crippen LogP contribution in [-0.4, -0.2) is 34.1 Å². The number of thioether (sulfide) groups is 1. The smallest absolute Gasteiger partial charge is 0.281 e. The maximum Gasteiger partial charge on any atom is 0.281 e. The summed E-state index contributed by atoms with van der Waals surface area (Å²) in [6.45, 7) is 4.89. The Bertz CT molecular complexity index is 1440. The fourth-order valence-electron chi connectivity index (χ4n) is 5.58. The van der Waals surface area contributed by atoms with Crippen LogP contribution in [0.4, 0.5) is 0 Å². The van der Waals surface area contributed by atoms with Gasteiger partial charge in [0, 0.05) is 16.0 Å². The zero-order valence-electron chi connectivity index (χ0n) is 21.4. The molecule has 1 aliphatic rings. The van der Waals surface area contributed by atoms with Gasteiger partial charge in [0.05, 0.1) is 11.5 Å². The third kappa shape index (κ3) is 4.44. The van der Waals surface area contributed by atoms with E-state index in [1.54, 1.807) is 11.8 Å². The number of rotatable bonds is 9. The lowest BCUT2D eigenvalue weighted by molar-refractivity contribution is -0.563. The Balaban J connectivity index is 1.87. The SMILES string of the molecule is C=CC[N+]1=C(c2ccccc2)N(Cc2ccccc2)C(C(=O)[O-])(c2ccc(SC)cc2)C1c1ccccc1. The molecule has 4 nitrogen and oxygen atoms in total. The number of amidine groups is 1. The van der Waals surface area contributed by atoms with E-state index in [1.807, 2.05) is 132 Å². The minimum Gasteiger partial charge on any atom is -0.545 e. The van der Waals surface area contributed by atoms with Gasteiger partial charge in [-0.2, -0.15) is 0 Å². The van der Waals surface area contributed by atoms with Crippen molar-refractivity contribution in [1.82, 2.24) is 4.90 Å². The summed E-state index contributed by atoms with van der Waals surface area (Å²) in [5.74, 6) is -0.305. The predicted molar refractivity (Wildman–Crippen MR) is 152 cm³/mol. The van der Waals surface area contributed by atoms with Gasteiger partial charge in [0.2, 0.25) is 5.54 Å². The number of aliphatic carboxylic acids is 1. The van der Waals surface area contributed by atoms with Crippen LogP contribution in [0.25, 0.3) is 0 Å². The highest BCUT2D eigenvalue weighted by molar-refractivity contribution is 7.98. The Hall–Kier alpha value is -4.09. The van der Waals surface area contributed by atoms with E-state index in [2.05, 4.69) is 11.2 Å². The molecule has 1 aliphatic heterocycles. The molecule has 0 bridgehead atoms. The van der Waals surface area contributed by atoms with Gasteiger partial charge >= 0.3 is 0 Å². The van der Waals surface area contributed by atoms with Crippen LogP contribution in [0.1, 0.15) is 28.3 Å². The molecule has 0 aromatic heterocycles. The van der Waals surface area contributed by atoms with Gasteiger partial charge in [-0.05, 0) is 36.1 Å². The molecular weight excluding hydrogens is 488 g/mol. The Labute approximate surface area is 228 Å². The number of carboxylic acid groups (broad SMARTS) is 1. The van der Waals surface area contributed by atoms with Crippen LogP contribution in [0.3, 0.4) is 0 Å². The number of carbonyl (C=O) groups is 1. The van der Waals surface area contributed by atoms with Crippen LogP contribution in [0.15, 0.2) is 133 Å². The second-order valence-corrected chi connectivity index (χ2v) is 10.2. The number of hydrogen-bond acceptors (Lipinski definition) is 4. The van der Waals surface area contributed by atoms with Crippen molar-refractivity contribution in [2.75, 3.05) is 12.8 Å². The fourth-order valence-corrected chi connectivity index (χ4v) is 5.99. The van der Waals surface area contributed by atoms with Gasteiger partial charge in [-0.3, -0.25) is 0 Å². The topological polar surface area (TPSA) is 46.4 Å². The lowest BCUT2D eigenvalue weighted by Crippen LogP contribution is -2.59. The number of benzene rings is 4. The molecule has 2 unspecified atom stereocenters. The Morgan fingerprint density at radius 1 is 0.921 bits per heavy atom. The summed E-state index contributed by atoms with van der Waals surface area (Å²) in [5.41, 5.74) is 2.02. The highest BCUT2D eigenvalue weighted by Crippen LogP contribution is 2.49. The van der Waals surface area contributed by atoms with E-state index < -0.39 is 17.6 Å². The number of carboxylic acids is 1. The molecule has 0 saturated heterocycles. The standard InChI is InChI=1S/C33H30N2O2S/c1-3-23-34-30(26-15-9-5-10-16-26)33(32(36)37,28-19-21-29(38-2)22-20-28)35(24-25-13-7-4-8-14-25)31(34)27-17-11-6-12-18-27/h3-22,30H,1,23-24H2,2H3. The van der Waals surface area contributed by atoms with E-state index in [4.69, 9.17) is 0 Å². The van der Waals surface area contributed by atoms with E-state index in [9.17, 15) is 9.90 Å². The van der Waals surface area contributed by atoms with Gasteiger partial charge in [-0.25, -0.2) is 9.48 Å². The van der Waals surface area contributed by atoms with Crippen LogP contribution in [0.5, 0.6) is 0 Å². The first-order valence-corrected chi connectivity index (χ1v) is 13.9. The fraction of sp³-hybridized carbons (Fsp3) is 0.152. The highest BCUT2D eigenvalue weighted by Gasteiger charge is 2.63. The molecule has 0 aliphatic carbocycles. The zero-order chi connectivity index (χ0) is 26.5. The monoisotopic (exact) mass is 518 g/mol. The molecule has 0 fully saturated rings. The summed E-state index contributed by atoms with van der Waals surface area (Å²) >= 11 is 1.63. The van der Waals surface area contributed by atoms with Crippen LogP contribution in [0.2, 0.25) is 0 Å². The van der Waals surface area contributed by atoms with Crippen LogP contribution < -0.4 is 5.11 Å². The van der Waals surface area contributed by atoms with Gasteiger partial charge in [-0.15, -0.1) is 11.8 Å². The zero-order valence-corrected chi connectivity index (χ0v) is 22.2. The summed E-state index contributed by atoms with van der Waals surface area (Å²) in [5, 5.41) is 13.8. The average molecular weight is 519 g/mol. The summed E-state index contributed by atoms with van der Waals surface area (Å²) < 4.78 is 2.17. The minimum absolute atomic E-state index is 0.389. The predicted octanol–water partition coefficient (Wildman–Crippen LogP) is 5.26. The van der Waals surface area contributed by atoms with Gasteiger partial charge in [0.25, 0.3) is 5.84 Å². The highest BCUT2D eigenvalue weighted by atomic mass is 32.2. The third-order valence-corrected chi connectivity index (χ3v) is 7.90. The summed E-state index contributed by atoms with van der Waals surface area (Å²) in [7, 11) is 0. The second kappa shape index (κ2) is 11.1. The van der Waals surface area contributed by atoms with Crippen molar-refractivity contribution in [3.05, 3.63) is 150 Å².